The summed E-state index contributed by atoms with van der Waals surface area (Å²) in [5.41, 5.74) is 1.39. The Morgan fingerprint density at radius 2 is 1.93 bits per heavy atom. The minimum atomic E-state index is 0.0618. The Labute approximate surface area is 170 Å². The van der Waals surface area contributed by atoms with Crippen molar-refractivity contribution in [2.75, 3.05) is 5.75 Å². The Kier molecular flexibility index (Phi) is 6.84. The number of carbonyl (C=O) groups excluding carboxylic acids is 1. The van der Waals surface area contributed by atoms with Gasteiger partial charge in [-0.1, -0.05) is 69.3 Å². The fraction of sp³-hybridized carbons (Fsp3) is 0.150. The number of thioether (sulfide) groups is 1. The number of ether oxygens (including phenoxy) is 1. The van der Waals surface area contributed by atoms with Crippen LogP contribution in [0, 0.1) is 0 Å². The molecule has 2 aromatic carbocycles. The van der Waals surface area contributed by atoms with Gasteiger partial charge in [0, 0.05) is 10.0 Å². The molecular weight excluding hydrogens is 426 g/mol. The van der Waals surface area contributed by atoms with Gasteiger partial charge in [0.05, 0.1) is 12.3 Å². The van der Waals surface area contributed by atoms with Gasteiger partial charge in [0.2, 0.25) is 0 Å². The van der Waals surface area contributed by atoms with E-state index in [1.807, 2.05) is 54.6 Å². The lowest BCUT2D eigenvalue weighted by Crippen LogP contribution is -2.06. The zero-order chi connectivity index (χ0) is 19.1. The fourth-order valence-corrected chi connectivity index (χ4v) is 3.58. The van der Waals surface area contributed by atoms with E-state index < -0.39 is 0 Å². The molecule has 3 rings (SSSR count). The molecule has 5 nitrogen and oxygen atoms in total. The van der Waals surface area contributed by atoms with Crippen molar-refractivity contribution >= 4 is 33.5 Å². The number of nitrogens with zero attached hydrogens (tertiary/aromatic N) is 3. The van der Waals surface area contributed by atoms with Crippen LogP contribution in [0.25, 0.3) is 0 Å². The number of carbonyl (C=O) groups is 1. The van der Waals surface area contributed by atoms with Crippen LogP contribution in [0.15, 0.2) is 76.8 Å². The summed E-state index contributed by atoms with van der Waals surface area (Å²) in [5, 5.41) is 9.19. The van der Waals surface area contributed by atoms with E-state index in [4.69, 9.17) is 4.74 Å². The number of hydrogen-bond acceptors (Lipinski definition) is 5. The molecule has 0 aliphatic rings. The van der Waals surface area contributed by atoms with Crippen LogP contribution in [0.3, 0.4) is 0 Å². The quantitative estimate of drug-likeness (QED) is 0.270. The molecule has 138 valence electrons. The van der Waals surface area contributed by atoms with Crippen molar-refractivity contribution in [3.63, 3.8) is 0 Å². The highest BCUT2D eigenvalue weighted by Gasteiger charge is 2.16. The predicted molar refractivity (Wildman–Crippen MR) is 110 cm³/mol. The van der Waals surface area contributed by atoms with E-state index >= 15 is 0 Å². The van der Waals surface area contributed by atoms with Gasteiger partial charge < -0.3 is 4.74 Å². The second-order valence-electron chi connectivity index (χ2n) is 5.63. The summed E-state index contributed by atoms with van der Waals surface area (Å²) < 4.78 is 8.53. The molecule has 0 saturated heterocycles. The van der Waals surface area contributed by atoms with E-state index in [-0.39, 0.29) is 12.4 Å². The monoisotopic (exact) mass is 443 g/mol. The Morgan fingerprint density at radius 1 is 1.19 bits per heavy atom. The molecule has 0 N–H and O–H groups in total. The minimum Gasteiger partial charge on any atom is -0.487 e. The number of allylic oxidation sites excluding steroid dienone is 1. The number of benzene rings is 2. The van der Waals surface area contributed by atoms with Gasteiger partial charge in [0.1, 0.15) is 23.1 Å². The Bertz CT molecular complexity index is 911. The van der Waals surface area contributed by atoms with E-state index in [2.05, 4.69) is 32.8 Å². The van der Waals surface area contributed by atoms with Gasteiger partial charge in [0.25, 0.3) is 0 Å². The molecule has 0 aliphatic carbocycles. The Morgan fingerprint density at radius 3 is 2.63 bits per heavy atom. The maximum atomic E-state index is 12.4. The molecule has 0 radical (unpaired) electrons. The first-order valence-electron chi connectivity index (χ1n) is 8.30. The van der Waals surface area contributed by atoms with Crippen LogP contribution in [0.2, 0.25) is 0 Å². The summed E-state index contributed by atoms with van der Waals surface area (Å²) in [6.07, 6.45) is 1.75. The van der Waals surface area contributed by atoms with Gasteiger partial charge in [-0.3, -0.25) is 4.79 Å². The van der Waals surface area contributed by atoms with Crippen molar-refractivity contribution in [3.8, 4) is 5.75 Å². The third-order valence-electron chi connectivity index (χ3n) is 3.68. The molecule has 27 heavy (non-hydrogen) atoms. The molecule has 0 atom stereocenters. The van der Waals surface area contributed by atoms with Crippen molar-refractivity contribution in [2.45, 2.75) is 18.2 Å². The minimum absolute atomic E-state index is 0.0618. The van der Waals surface area contributed by atoms with Gasteiger partial charge >= 0.3 is 0 Å². The molecule has 0 bridgehead atoms. The molecule has 0 fully saturated rings. The fourth-order valence-electron chi connectivity index (χ4n) is 2.35. The average Bonchev–Trinajstić information content (AvgIpc) is 3.08. The van der Waals surface area contributed by atoms with Gasteiger partial charge in [0.15, 0.2) is 5.78 Å². The molecule has 1 aromatic heterocycles. The lowest BCUT2D eigenvalue weighted by atomic mass is 10.2. The van der Waals surface area contributed by atoms with Crippen molar-refractivity contribution < 1.29 is 9.53 Å². The normalized spacial score (nSPS) is 10.6. The van der Waals surface area contributed by atoms with Gasteiger partial charge in [-0.15, -0.1) is 11.7 Å². The van der Waals surface area contributed by atoms with E-state index in [1.54, 1.807) is 10.8 Å². The summed E-state index contributed by atoms with van der Waals surface area (Å²) in [4.78, 5) is 12.4. The van der Waals surface area contributed by atoms with E-state index in [9.17, 15) is 4.79 Å². The summed E-state index contributed by atoms with van der Waals surface area (Å²) >= 11 is 4.82. The first kappa shape index (κ1) is 19.4. The topological polar surface area (TPSA) is 57.0 Å². The molecular formula is C20H18BrN3O2S. The number of Topliss-reactive ketones (excluding diaryl/α,β-unsaturated/α-hetero) is 1. The molecule has 0 aliphatic heterocycles. The number of halogens is 1. The highest BCUT2D eigenvalue weighted by atomic mass is 79.9. The third-order valence-corrected chi connectivity index (χ3v) is 5.34. The first-order chi connectivity index (χ1) is 13.2. The average molecular weight is 444 g/mol. The lowest BCUT2D eigenvalue weighted by Gasteiger charge is -2.08. The van der Waals surface area contributed by atoms with Gasteiger partial charge in [-0.05, 0) is 24.3 Å². The van der Waals surface area contributed by atoms with Gasteiger partial charge in [-0.2, -0.15) is 0 Å². The maximum Gasteiger partial charge on any atom is 0.173 e. The number of aromatic nitrogens is 3. The van der Waals surface area contributed by atoms with Crippen LogP contribution in [0.1, 0.15) is 16.1 Å². The maximum absolute atomic E-state index is 12.4. The van der Waals surface area contributed by atoms with Crippen molar-refractivity contribution in [2.24, 2.45) is 0 Å². The molecule has 0 spiro atoms. The zero-order valence-corrected chi connectivity index (χ0v) is 16.9. The first-order valence-corrected chi connectivity index (χ1v) is 10.1. The second kappa shape index (κ2) is 9.53. The lowest BCUT2D eigenvalue weighted by molar-refractivity contribution is 0.102. The standard InChI is InChI=1S/C20H18BrN3O2S/c1-2-12-24-20(27-14-19(25)15-6-4-3-5-7-15)18(22-23-24)13-26-17-10-8-16(21)9-11-17/h2-11H,1,12-14H2. The smallest absolute Gasteiger partial charge is 0.173 e. The molecule has 1 heterocycles. The van der Waals surface area contributed by atoms with Gasteiger partial charge in [-0.25, -0.2) is 4.68 Å². The van der Waals surface area contributed by atoms with Crippen LogP contribution in [0.4, 0.5) is 0 Å². The molecule has 3 aromatic rings. The summed E-state index contributed by atoms with van der Waals surface area (Å²) in [6.45, 7) is 4.55. The zero-order valence-electron chi connectivity index (χ0n) is 14.5. The van der Waals surface area contributed by atoms with Crippen molar-refractivity contribution in [1.82, 2.24) is 15.0 Å². The molecule has 0 amide bonds. The summed E-state index contributed by atoms with van der Waals surface area (Å²) in [5.74, 6) is 1.11. The van der Waals surface area contributed by atoms with E-state index in [1.165, 1.54) is 11.8 Å². The van der Waals surface area contributed by atoms with Crippen LogP contribution in [-0.2, 0) is 13.2 Å². The van der Waals surface area contributed by atoms with Crippen LogP contribution in [0.5, 0.6) is 5.75 Å². The van der Waals surface area contributed by atoms with Crippen molar-refractivity contribution in [1.29, 1.82) is 0 Å². The largest absolute Gasteiger partial charge is 0.487 e. The van der Waals surface area contributed by atoms with Crippen LogP contribution in [-0.4, -0.2) is 26.5 Å². The Hall–Kier alpha value is -2.38. The third kappa shape index (κ3) is 5.30. The predicted octanol–water partition coefficient (Wildman–Crippen LogP) is 4.78. The highest BCUT2D eigenvalue weighted by molar-refractivity contribution is 9.10. The second-order valence-corrected chi connectivity index (χ2v) is 7.51. The summed E-state index contributed by atoms with van der Waals surface area (Å²) in [7, 11) is 0. The highest BCUT2D eigenvalue weighted by Crippen LogP contribution is 2.24. The number of ketones is 1. The van der Waals surface area contributed by atoms with Crippen molar-refractivity contribution in [3.05, 3.63) is 83.0 Å². The van der Waals surface area contributed by atoms with E-state index in [0.29, 0.717) is 23.6 Å². The van der Waals surface area contributed by atoms with Crippen LogP contribution < -0.4 is 4.74 Å². The molecule has 7 heteroatoms. The van der Waals surface area contributed by atoms with E-state index in [0.717, 1.165) is 15.2 Å². The summed E-state index contributed by atoms with van der Waals surface area (Å²) in [6, 6.07) is 16.8. The SMILES string of the molecule is C=CCn1nnc(COc2ccc(Br)cc2)c1SCC(=O)c1ccccc1. The van der Waals surface area contributed by atoms with Crippen LogP contribution >= 0.6 is 27.7 Å². The molecule has 0 unspecified atom stereocenters. The number of rotatable bonds is 9. The Balaban J connectivity index is 1.70. The number of hydrogen-bond donors (Lipinski definition) is 0. The molecule has 0 saturated carbocycles.